The molecule has 9 heteroatoms. The first kappa shape index (κ1) is 21.6. The van der Waals surface area contributed by atoms with Crippen LogP contribution in [0.15, 0.2) is 54.7 Å². The lowest BCUT2D eigenvalue weighted by atomic mass is 10.1. The Balaban J connectivity index is 1.75. The molecule has 0 saturated heterocycles. The number of hydrogen-bond donors (Lipinski definition) is 3. The molecule has 156 valence electrons. The second-order valence-corrected chi connectivity index (χ2v) is 8.52. The number of benzene rings is 2. The molecule has 0 atom stereocenters. The van der Waals surface area contributed by atoms with E-state index in [4.69, 9.17) is 9.79 Å². The Kier molecular flexibility index (Phi) is 6.31. The molecule has 1 aromatic heterocycles. The first-order valence-electron chi connectivity index (χ1n) is 9.03. The molecule has 0 radical (unpaired) electrons. The number of nitrogens with one attached hydrogen (secondary N) is 1. The maximum Gasteiger partial charge on any atom is 0.329 e. The van der Waals surface area contributed by atoms with Gasteiger partial charge in [0.2, 0.25) is 5.91 Å². The number of nitrogens with zero attached hydrogens (tertiary/aromatic N) is 2. The summed E-state index contributed by atoms with van der Waals surface area (Å²) in [5.41, 5.74) is 3.95. The molecule has 0 bridgehead atoms. The van der Waals surface area contributed by atoms with Crippen molar-refractivity contribution in [2.45, 2.75) is 13.1 Å². The molecule has 7 nitrogen and oxygen atoms in total. The number of hydrogen-bond acceptors (Lipinski definition) is 3. The van der Waals surface area contributed by atoms with E-state index in [9.17, 15) is 13.8 Å². The summed E-state index contributed by atoms with van der Waals surface area (Å²) in [6.07, 6.45) is 4.26. The molecular weight excluding hydrogens is 408 g/mol. The van der Waals surface area contributed by atoms with Crippen LogP contribution >= 0.6 is 7.60 Å². The lowest BCUT2D eigenvalue weighted by molar-refractivity contribution is -0.111. The number of carbonyl (C=O) groups excluding carboxylic acids is 1. The summed E-state index contributed by atoms with van der Waals surface area (Å²) in [7, 11) is -2.39. The minimum atomic E-state index is -4.15. The smallest absolute Gasteiger partial charge is 0.324 e. The molecule has 3 N–H and O–H groups in total. The largest absolute Gasteiger partial charge is 0.329 e. The van der Waals surface area contributed by atoms with E-state index < -0.39 is 7.60 Å². The predicted molar refractivity (Wildman–Crippen MR) is 113 cm³/mol. The third-order valence-corrected chi connectivity index (χ3v) is 5.21. The molecule has 2 aromatic carbocycles. The fourth-order valence-electron chi connectivity index (χ4n) is 3.08. The molecule has 0 saturated carbocycles. The monoisotopic (exact) mass is 429 g/mol. The van der Waals surface area contributed by atoms with Crippen LogP contribution in [0, 0.1) is 12.7 Å². The van der Waals surface area contributed by atoms with Crippen LogP contribution in [0.3, 0.4) is 0 Å². The van der Waals surface area contributed by atoms with E-state index in [0.29, 0.717) is 22.4 Å². The van der Waals surface area contributed by atoms with E-state index in [0.717, 1.165) is 11.3 Å². The van der Waals surface area contributed by atoms with Crippen molar-refractivity contribution in [3.8, 4) is 11.3 Å². The SMILES string of the molecule is Cc1cc(CP(=O)(O)O)ccc1NC(=O)C=Cc1cnn(C)c1-c1ccc(F)cc1. The van der Waals surface area contributed by atoms with Crippen molar-refractivity contribution < 1.29 is 23.5 Å². The van der Waals surface area contributed by atoms with Gasteiger partial charge < -0.3 is 15.1 Å². The van der Waals surface area contributed by atoms with Gasteiger partial charge in [-0.1, -0.05) is 12.1 Å². The second-order valence-electron chi connectivity index (χ2n) is 6.87. The van der Waals surface area contributed by atoms with Crippen molar-refractivity contribution in [2.75, 3.05) is 5.32 Å². The maximum atomic E-state index is 13.2. The molecule has 0 aliphatic heterocycles. The summed E-state index contributed by atoms with van der Waals surface area (Å²) >= 11 is 0. The highest BCUT2D eigenvalue weighted by Crippen LogP contribution is 2.39. The minimum Gasteiger partial charge on any atom is -0.324 e. The summed E-state index contributed by atoms with van der Waals surface area (Å²) in [6.45, 7) is 1.75. The van der Waals surface area contributed by atoms with Gasteiger partial charge in [-0.25, -0.2) is 4.39 Å². The van der Waals surface area contributed by atoms with Crippen LogP contribution in [-0.2, 0) is 22.6 Å². The van der Waals surface area contributed by atoms with Crippen molar-refractivity contribution in [1.82, 2.24) is 9.78 Å². The Morgan fingerprint density at radius 2 is 1.93 bits per heavy atom. The van der Waals surface area contributed by atoms with Gasteiger partial charge in [-0.15, -0.1) is 0 Å². The van der Waals surface area contributed by atoms with Gasteiger partial charge in [0.1, 0.15) is 5.82 Å². The third kappa shape index (κ3) is 5.51. The van der Waals surface area contributed by atoms with Crippen molar-refractivity contribution in [1.29, 1.82) is 0 Å². The molecule has 0 aliphatic carbocycles. The predicted octanol–water partition coefficient (Wildman–Crippen LogP) is 3.86. The Bertz CT molecular complexity index is 1150. The quantitative estimate of drug-likeness (QED) is 0.408. The average Bonchev–Trinajstić information content (AvgIpc) is 3.02. The normalized spacial score (nSPS) is 11.8. The fraction of sp³-hybridized carbons (Fsp3) is 0.143. The van der Waals surface area contributed by atoms with Crippen LogP contribution in [-0.4, -0.2) is 25.5 Å². The van der Waals surface area contributed by atoms with Crippen LogP contribution in [0.5, 0.6) is 0 Å². The van der Waals surface area contributed by atoms with Gasteiger partial charge in [-0.05, 0) is 54.5 Å². The summed E-state index contributed by atoms with van der Waals surface area (Å²) in [5.74, 6) is -0.700. The van der Waals surface area contributed by atoms with Crippen LogP contribution in [0.1, 0.15) is 16.7 Å². The molecule has 0 unspecified atom stereocenters. The fourth-order valence-corrected chi connectivity index (χ4v) is 3.75. The van der Waals surface area contributed by atoms with Crippen LogP contribution in [0.2, 0.25) is 0 Å². The summed E-state index contributed by atoms with van der Waals surface area (Å²) in [6, 6.07) is 10.8. The Morgan fingerprint density at radius 3 is 2.57 bits per heavy atom. The number of aromatic nitrogens is 2. The van der Waals surface area contributed by atoms with Crippen LogP contribution in [0.25, 0.3) is 17.3 Å². The third-order valence-electron chi connectivity index (χ3n) is 4.44. The molecule has 0 spiro atoms. The van der Waals surface area contributed by atoms with E-state index in [1.165, 1.54) is 18.2 Å². The first-order chi connectivity index (χ1) is 14.1. The molecule has 1 heterocycles. The maximum absolute atomic E-state index is 13.2. The van der Waals surface area contributed by atoms with E-state index in [2.05, 4.69) is 10.4 Å². The van der Waals surface area contributed by atoms with Gasteiger partial charge in [0, 0.05) is 29.9 Å². The molecule has 0 aliphatic rings. The van der Waals surface area contributed by atoms with Crippen LogP contribution < -0.4 is 5.32 Å². The van der Waals surface area contributed by atoms with Gasteiger partial charge in [0.15, 0.2) is 0 Å². The number of halogens is 1. The van der Waals surface area contributed by atoms with Gasteiger partial charge in [-0.3, -0.25) is 14.0 Å². The second kappa shape index (κ2) is 8.75. The number of amides is 1. The Labute approximate surface area is 173 Å². The zero-order valence-corrected chi connectivity index (χ0v) is 17.3. The zero-order valence-electron chi connectivity index (χ0n) is 16.4. The highest BCUT2D eigenvalue weighted by atomic mass is 31.2. The van der Waals surface area contributed by atoms with Crippen molar-refractivity contribution in [3.63, 3.8) is 0 Å². The standard InChI is InChI=1S/C21H21FN3O4P/c1-14-11-15(13-30(27,28)29)3-9-19(14)24-20(26)10-6-17-12-23-25(2)21(17)16-4-7-18(22)8-5-16/h3-12H,13H2,1-2H3,(H,24,26)(H2,27,28,29). The first-order valence-corrected chi connectivity index (χ1v) is 10.8. The molecule has 0 fully saturated rings. The lowest BCUT2D eigenvalue weighted by Crippen LogP contribution is -2.09. The van der Waals surface area contributed by atoms with Crippen LogP contribution in [0.4, 0.5) is 10.1 Å². The topological polar surface area (TPSA) is 104 Å². The zero-order chi connectivity index (χ0) is 21.9. The lowest BCUT2D eigenvalue weighted by Gasteiger charge is -2.10. The van der Waals surface area contributed by atoms with Gasteiger partial charge in [0.25, 0.3) is 0 Å². The van der Waals surface area contributed by atoms with E-state index in [1.807, 2.05) is 0 Å². The summed E-state index contributed by atoms with van der Waals surface area (Å²) < 4.78 is 26.0. The van der Waals surface area contributed by atoms with Gasteiger partial charge >= 0.3 is 7.60 Å². The number of aryl methyl sites for hydroxylation is 2. The molecule has 30 heavy (non-hydrogen) atoms. The molecule has 1 amide bonds. The van der Waals surface area contributed by atoms with Crippen molar-refractivity contribution in [2.24, 2.45) is 7.05 Å². The summed E-state index contributed by atoms with van der Waals surface area (Å²) in [4.78, 5) is 30.5. The number of rotatable bonds is 6. The molecular formula is C21H21FN3O4P. The Morgan fingerprint density at radius 1 is 1.23 bits per heavy atom. The highest BCUT2D eigenvalue weighted by Gasteiger charge is 2.15. The van der Waals surface area contributed by atoms with Crippen molar-refractivity contribution in [3.05, 3.63) is 77.2 Å². The molecule has 3 rings (SSSR count). The molecule has 3 aromatic rings. The van der Waals surface area contributed by atoms with Crippen molar-refractivity contribution >= 4 is 25.3 Å². The average molecular weight is 429 g/mol. The highest BCUT2D eigenvalue weighted by molar-refractivity contribution is 7.50. The van der Waals surface area contributed by atoms with Gasteiger partial charge in [-0.2, -0.15) is 5.10 Å². The minimum absolute atomic E-state index is 0.334. The summed E-state index contributed by atoms with van der Waals surface area (Å²) in [5, 5.41) is 6.95. The number of anilines is 1. The van der Waals surface area contributed by atoms with E-state index in [1.54, 1.807) is 61.3 Å². The van der Waals surface area contributed by atoms with Gasteiger partial charge in [0.05, 0.1) is 18.1 Å². The van der Waals surface area contributed by atoms with E-state index in [-0.39, 0.29) is 17.9 Å². The Hall–Kier alpha value is -3.06. The number of carbonyl (C=O) groups is 1. The van der Waals surface area contributed by atoms with E-state index >= 15 is 0 Å².